The summed E-state index contributed by atoms with van der Waals surface area (Å²) < 4.78 is 0. The van der Waals surface area contributed by atoms with Crippen LogP contribution in [-0.4, -0.2) is 4.98 Å². The molecule has 3 rings (SSSR count). The second-order valence-electron chi connectivity index (χ2n) is 3.54. The second kappa shape index (κ2) is 2.95. The van der Waals surface area contributed by atoms with Gasteiger partial charge in [0.2, 0.25) is 0 Å². The zero-order chi connectivity index (χ0) is 10.3. The summed E-state index contributed by atoms with van der Waals surface area (Å²) in [5.74, 6) is 0. The molecule has 0 aliphatic heterocycles. The molecule has 15 heavy (non-hydrogen) atoms. The van der Waals surface area contributed by atoms with Gasteiger partial charge in [0.25, 0.3) is 0 Å². The van der Waals surface area contributed by atoms with Gasteiger partial charge in [-0.3, -0.25) is 4.79 Å². The van der Waals surface area contributed by atoms with Crippen molar-refractivity contribution in [2.45, 2.75) is 0 Å². The summed E-state index contributed by atoms with van der Waals surface area (Å²) in [7, 11) is 0. The number of aromatic amines is 1. The maximum atomic E-state index is 11.7. The maximum Gasteiger partial charge on any atom is 0.188 e. The third-order valence-corrected chi connectivity index (χ3v) is 2.60. The predicted octanol–water partition coefficient (Wildman–Crippen LogP) is 2.68. The Morgan fingerprint density at radius 3 is 2.53 bits per heavy atom. The molecule has 2 heteroatoms. The zero-order valence-corrected chi connectivity index (χ0v) is 8.03. The first-order valence-electron chi connectivity index (χ1n) is 4.86. The second-order valence-corrected chi connectivity index (χ2v) is 3.54. The molecule has 0 radical (unpaired) electrons. The van der Waals surface area contributed by atoms with Crippen molar-refractivity contribution in [3.63, 3.8) is 0 Å². The molecule has 0 unspecified atom stereocenters. The van der Waals surface area contributed by atoms with E-state index >= 15 is 0 Å². The fourth-order valence-electron chi connectivity index (χ4n) is 1.93. The number of aromatic nitrogens is 1. The van der Waals surface area contributed by atoms with Gasteiger partial charge in [-0.2, -0.15) is 0 Å². The average Bonchev–Trinajstić information content (AvgIpc) is 2.43. The summed E-state index contributed by atoms with van der Waals surface area (Å²) in [4.78, 5) is 15.0. The summed E-state index contributed by atoms with van der Waals surface area (Å²) in [6.45, 7) is 0. The van der Waals surface area contributed by atoms with Crippen LogP contribution in [-0.2, 0) is 0 Å². The predicted molar refractivity (Wildman–Crippen MR) is 62.1 cm³/mol. The quantitative estimate of drug-likeness (QED) is 0.587. The van der Waals surface area contributed by atoms with Crippen molar-refractivity contribution in [1.29, 1.82) is 0 Å². The van der Waals surface area contributed by atoms with E-state index in [0.29, 0.717) is 0 Å². The number of hydrogen-bond donors (Lipinski definition) is 1. The largest absolute Gasteiger partial charge is 0.354 e. The SMILES string of the molecule is O=c1cccc2[nH]c3cccccc3c12. The van der Waals surface area contributed by atoms with Gasteiger partial charge in [-0.05, 0) is 18.2 Å². The molecule has 2 nitrogen and oxygen atoms in total. The molecule has 0 atom stereocenters. The van der Waals surface area contributed by atoms with E-state index in [1.807, 2.05) is 36.4 Å². The van der Waals surface area contributed by atoms with Gasteiger partial charge in [0.1, 0.15) is 0 Å². The van der Waals surface area contributed by atoms with Crippen molar-refractivity contribution in [3.8, 4) is 0 Å². The first kappa shape index (κ1) is 8.24. The lowest BCUT2D eigenvalue weighted by Gasteiger charge is -1.85. The van der Waals surface area contributed by atoms with Gasteiger partial charge in [-0.15, -0.1) is 0 Å². The van der Waals surface area contributed by atoms with Crippen molar-refractivity contribution >= 4 is 21.8 Å². The number of fused-ring (bicyclic) bond motifs is 3. The Labute approximate surface area is 86.2 Å². The van der Waals surface area contributed by atoms with Gasteiger partial charge in [-0.1, -0.05) is 30.3 Å². The van der Waals surface area contributed by atoms with Gasteiger partial charge in [-0.25, -0.2) is 0 Å². The standard InChI is InChI=1S/C13H9NO/c15-12-8-4-7-11-13(12)9-5-2-1-3-6-10(9)14-11/h1-8,14H. The highest BCUT2D eigenvalue weighted by atomic mass is 16.1. The molecule has 0 bridgehead atoms. The lowest BCUT2D eigenvalue weighted by molar-refractivity contribution is 1.54. The van der Waals surface area contributed by atoms with Gasteiger partial charge in [0.05, 0.1) is 10.9 Å². The van der Waals surface area contributed by atoms with E-state index in [2.05, 4.69) is 4.98 Å². The van der Waals surface area contributed by atoms with Gasteiger partial charge in [0, 0.05) is 10.9 Å². The van der Waals surface area contributed by atoms with E-state index < -0.39 is 0 Å². The number of benzene rings is 1. The molecule has 2 aromatic carbocycles. The first-order valence-corrected chi connectivity index (χ1v) is 4.86. The van der Waals surface area contributed by atoms with Crippen LogP contribution >= 0.6 is 0 Å². The molecule has 0 saturated heterocycles. The number of rotatable bonds is 0. The van der Waals surface area contributed by atoms with Crippen LogP contribution in [0.3, 0.4) is 0 Å². The minimum absolute atomic E-state index is 0.0740. The van der Waals surface area contributed by atoms with Crippen LogP contribution in [0.1, 0.15) is 0 Å². The number of hydrogen-bond acceptors (Lipinski definition) is 1. The Hall–Kier alpha value is -2.09. The summed E-state index contributed by atoms with van der Waals surface area (Å²) in [6, 6.07) is 15.1. The van der Waals surface area contributed by atoms with Crippen LogP contribution in [0.4, 0.5) is 0 Å². The summed E-state index contributed by atoms with van der Waals surface area (Å²) in [5, 5.41) is 1.77. The molecule has 0 spiro atoms. The van der Waals surface area contributed by atoms with E-state index in [1.54, 1.807) is 12.1 Å². The Kier molecular flexibility index (Phi) is 1.62. The topological polar surface area (TPSA) is 32.9 Å². The number of nitrogens with one attached hydrogen (secondary N) is 1. The molecule has 3 aromatic rings. The molecule has 72 valence electrons. The smallest absolute Gasteiger partial charge is 0.188 e. The Morgan fingerprint density at radius 1 is 0.800 bits per heavy atom. The number of H-pyrrole nitrogens is 1. The minimum atomic E-state index is 0.0740. The molecule has 1 aromatic heterocycles. The van der Waals surface area contributed by atoms with Crippen molar-refractivity contribution in [2.24, 2.45) is 0 Å². The van der Waals surface area contributed by atoms with Crippen LogP contribution in [0.25, 0.3) is 21.8 Å². The zero-order valence-electron chi connectivity index (χ0n) is 8.03. The average molecular weight is 195 g/mol. The fraction of sp³-hybridized carbons (Fsp3) is 0. The molecule has 0 aliphatic carbocycles. The Balaban J connectivity index is 2.70. The third kappa shape index (κ3) is 1.15. The van der Waals surface area contributed by atoms with E-state index in [1.165, 1.54) is 0 Å². The van der Waals surface area contributed by atoms with Crippen LogP contribution in [0, 0.1) is 0 Å². The summed E-state index contributed by atoms with van der Waals surface area (Å²) >= 11 is 0. The Bertz CT molecular complexity index is 697. The third-order valence-electron chi connectivity index (χ3n) is 2.60. The molecule has 0 amide bonds. The highest BCUT2D eigenvalue weighted by Crippen LogP contribution is 2.20. The van der Waals surface area contributed by atoms with Gasteiger partial charge < -0.3 is 4.98 Å². The van der Waals surface area contributed by atoms with Crippen LogP contribution < -0.4 is 5.43 Å². The first-order chi connectivity index (χ1) is 7.36. The van der Waals surface area contributed by atoms with E-state index in [0.717, 1.165) is 21.8 Å². The van der Waals surface area contributed by atoms with Gasteiger partial charge in [0.15, 0.2) is 5.43 Å². The van der Waals surface area contributed by atoms with Crippen molar-refractivity contribution in [2.75, 3.05) is 0 Å². The minimum Gasteiger partial charge on any atom is -0.354 e. The van der Waals surface area contributed by atoms with Crippen molar-refractivity contribution < 1.29 is 0 Å². The molecule has 0 saturated carbocycles. The molecule has 0 aliphatic rings. The highest BCUT2D eigenvalue weighted by molar-refractivity contribution is 6.06. The van der Waals surface area contributed by atoms with Crippen LogP contribution in [0.15, 0.2) is 53.3 Å². The lowest BCUT2D eigenvalue weighted by atomic mass is 10.2. The maximum absolute atomic E-state index is 11.7. The summed E-state index contributed by atoms with van der Waals surface area (Å²) in [6.07, 6.45) is 0. The Morgan fingerprint density at radius 2 is 1.60 bits per heavy atom. The summed E-state index contributed by atoms with van der Waals surface area (Å²) in [5.41, 5.74) is 1.98. The van der Waals surface area contributed by atoms with Crippen molar-refractivity contribution in [1.82, 2.24) is 4.98 Å². The van der Waals surface area contributed by atoms with E-state index in [4.69, 9.17) is 0 Å². The monoisotopic (exact) mass is 195 g/mol. The van der Waals surface area contributed by atoms with E-state index in [-0.39, 0.29) is 5.43 Å². The van der Waals surface area contributed by atoms with Crippen LogP contribution in [0.5, 0.6) is 0 Å². The lowest BCUT2D eigenvalue weighted by Crippen LogP contribution is -1.95. The fourth-order valence-corrected chi connectivity index (χ4v) is 1.93. The highest BCUT2D eigenvalue weighted by Gasteiger charge is 2.04. The van der Waals surface area contributed by atoms with E-state index in [9.17, 15) is 4.79 Å². The molecule has 1 heterocycles. The van der Waals surface area contributed by atoms with Crippen LogP contribution in [0.2, 0.25) is 0 Å². The van der Waals surface area contributed by atoms with Crippen molar-refractivity contribution in [3.05, 3.63) is 58.8 Å². The molecule has 0 fully saturated rings. The molecule has 1 N–H and O–H groups in total. The molecular formula is C13H9NO. The molecular weight excluding hydrogens is 186 g/mol. The normalized spacial score (nSPS) is 10.9. The van der Waals surface area contributed by atoms with Gasteiger partial charge >= 0.3 is 0 Å².